The smallest absolute Gasteiger partial charge is 0.137 e. The molecule has 0 saturated heterocycles. The van der Waals surface area contributed by atoms with E-state index in [9.17, 15) is 5.11 Å². The second-order valence-corrected chi connectivity index (χ2v) is 3.38. The molecule has 0 saturated carbocycles. The maximum absolute atomic E-state index is 9.57. The Balaban J connectivity index is 2.92. The molecule has 3 nitrogen and oxygen atoms in total. The minimum atomic E-state index is 0.214. The summed E-state index contributed by atoms with van der Waals surface area (Å²) < 4.78 is 5.06. The highest BCUT2D eigenvalue weighted by Crippen LogP contribution is 2.31. The highest BCUT2D eigenvalue weighted by Gasteiger charge is 2.07. The van der Waals surface area contributed by atoms with Crippen LogP contribution < -0.4 is 10.1 Å². The summed E-state index contributed by atoms with van der Waals surface area (Å²) in [6, 6.07) is 3.26. The van der Waals surface area contributed by atoms with Crippen LogP contribution in [-0.4, -0.2) is 25.8 Å². The Morgan fingerprint density at radius 3 is 2.79 bits per heavy atom. The third-order valence-electron chi connectivity index (χ3n) is 2.00. The molecule has 1 aromatic rings. The fourth-order valence-electron chi connectivity index (χ4n) is 1.20. The molecular formula is C10H14ClNO2. The van der Waals surface area contributed by atoms with Gasteiger partial charge in [0.15, 0.2) is 0 Å². The standard InChI is InChI=1S/C10H14ClNO2/c1-12-4-3-7-5-10(14-2)8(11)6-9(7)13/h5-6,12-13H,3-4H2,1-2H3. The van der Waals surface area contributed by atoms with Crippen LogP contribution in [0, 0.1) is 0 Å². The van der Waals surface area contributed by atoms with E-state index in [0.29, 0.717) is 10.8 Å². The zero-order valence-corrected chi connectivity index (χ0v) is 9.06. The van der Waals surface area contributed by atoms with E-state index in [4.69, 9.17) is 16.3 Å². The lowest BCUT2D eigenvalue weighted by molar-refractivity contribution is 0.411. The monoisotopic (exact) mass is 215 g/mol. The van der Waals surface area contributed by atoms with E-state index < -0.39 is 0 Å². The number of aromatic hydroxyl groups is 1. The largest absolute Gasteiger partial charge is 0.508 e. The van der Waals surface area contributed by atoms with Crippen molar-refractivity contribution in [1.82, 2.24) is 5.32 Å². The maximum Gasteiger partial charge on any atom is 0.137 e. The molecule has 2 N–H and O–H groups in total. The summed E-state index contributed by atoms with van der Waals surface area (Å²) in [4.78, 5) is 0. The van der Waals surface area contributed by atoms with Crippen molar-refractivity contribution in [3.05, 3.63) is 22.7 Å². The van der Waals surface area contributed by atoms with Crippen LogP contribution in [0.25, 0.3) is 0 Å². The van der Waals surface area contributed by atoms with Gasteiger partial charge in [0.1, 0.15) is 11.5 Å². The van der Waals surface area contributed by atoms with Gasteiger partial charge in [-0.05, 0) is 31.6 Å². The highest BCUT2D eigenvalue weighted by molar-refractivity contribution is 6.32. The molecule has 0 aliphatic carbocycles. The Kier molecular flexibility index (Phi) is 4.04. The molecule has 1 aromatic carbocycles. The molecule has 0 unspecified atom stereocenters. The second kappa shape index (κ2) is 5.08. The van der Waals surface area contributed by atoms with Crippen molar-refractivity contribution < 1.29 is 9.84 Å². The molecule has 0 fully saturated rings. The Hall–Kier alpha value is -0.930. The number of hydrogen-bond acceptors (Lipinski definition) is 3. The number of benzene rings is 1. The lowest BCUT2D eigenvalue weighted by Gasteiger charge is -2.08. The number of ether oxygens (including phenoxy) is 1. The fourth-order valence-corrected chi connectivity index (χ4v) is 1.44. The fraction of sp³-hybridized carbons (Fsp3) is 0.400. The molecule has 0 atom stereocenters. The summed E-state index contributed by atoms with van der Waals surface area (Å²) in [6.45, 7) is 0.804. The third-order valence-corrected chi connectivity index (χ3v) is 2.29. The van der Waals surface area contributed by atoms with Crippen LogP contribution in [0.3, 0.4) is 0 Å². The molecule has 78 valence electrons. The number of halogens is 1. The molecular weight excluding hydrogens is 202 g/mol. The average Bonchev–Trinajstić information content (AvgIpc) is 2.17. The van der Waals surface area contributed by atoms with E-state index >= 15 is 0 Å². The topological polar surface area (TPSA) is 41.5 Å². The Bertz CT molecular complexity index is 315. The van der Waals surface area contributed by atoms with Gasteiger partial charge in [-0.15, -0.1) is 0 Å². The molecule has 14 heavy (non-hydrogen) atoms. The van der Waals surface area contributed by atoms with Gasteiger partial charge in [0.2, 0.25) is 0 Å². The van der Waals surface area contributed by atoms with Crippen LogP contribution in [0.15, 0.2) is 12.1 Å². The zero-order chi connectivity index (χ0) is 10.6. The summed E-state index contributed by atoms with van der Waals surface area (Å²) in [5.74, 6) is 0.807. The molecule has 0 aliphatic heterocycles. The summed E-state index contributed by atoms with van der Waals surface area (Å²) in [7, 11) is 3.42. The molecule has 0 heterocycles. The van der Waals surface area contributed by atoms with Crippen molar-refractivity contribution in [3.63, 3.8) is 0 Å². The summed E-state index contributed by atoms with van der Waals surface area (Å²) >= 11 is 5.84. The van der Waals surface area contributed by atoms with E-state index in [2.05, 4.69) is 5.32 Å². The third kappa shape index (κ3) is 2.53. The van der Waals surface area contributed by atoms with Gasteiger partial charge >= 0.3 is 0 Å². The van der Waals surface area contributed by atoms with Gasteiger partial charge in [-0.25, -0.2) is 0 Å². The molecule has 0 spiro atoms. The van der Waals surface area contributed by atoms with Crippen LogP contribution in [0.1, 0.15) is 5.56 Å². The van der Waals surface area contributed by atoms with Gasteiger partial charge in [-0.1, -0.05) is 11.6 Å². The van der Waals surface area contributed by atoms with Crippen LogP contribution in [0.5, 0.6) is 11.5 Å². The summed E-state index contributed by atoms with van der Waals surface area (Å²) in [6.07, 6.45) is 0.746. The van der Waals surface area contributed by atoms with Crippen LogP contribution in [0.4, 0.5) is 0 Å². The van der Waals surface area contributed by atoms with E-state index in [-0.39, 0.29) is 5.75 Å². The molecule has 0 amide bonds. The predicted molar refractivity (Wildman–Crippen MR) is 57.3 cm³/mol. The van der Waals surface area contributed by atoms with Crippen molar-refractivity contribution >= 4 is 11.6 Å². The van der Waals surface area contributed by atoms with Crippen molar-refractivity contribution in [1.29, 1.82) is 0 Å². The molecule has 0 bridgehead atoms. The van der Waals surface area contributed by atoms with Crippen molar-refractivity contribution in [3.8, 4) is 11.5 Å². The predicted octanol–water partition coefficient (Wildman–Crippen LogP) is 1.82. The van der Waals surface area contributed by atoms with E-state index in [0.717, 1.165) is 18.5 Å². The first-order valence-electron chi connectivity index (χ1n) is 4.39. The molecule has 0 radical (unpaired) electrons. The quantitative estimate of drug-likeness (QED) is 0.805. The summed E-state index contributed by atoms with van der Waals surface area (Å²) in [5.41, 5.74) is 0.834. The van der Waals surface area contributed by atoms with Gasteiger partial charge < -0.3 is 15.2 Å². The minimum Gasteiger partial charge on any atom is -0.508 e. The van der Waals surface area contributed by atoms with Gasteiger partial charge in [0.25, 0.3) is 0 Å². The summed E-state index contributed by atoms with van der Waals surface area (Å²) in [5, 5.41) is 13.0. The lowest BCUT2D eigenvalue weighted by atomic mass is 10.1. The van der Waals surface area contributed by atoms with Crippen LogP contribution in [0.2, 0.25) is 5.02 Å². The number of likely N-dealkylation sites (N-methyl/N-ethyl adjacent to an activating group) is 1. The number of phenolic OH excluding ortho intramolecular Hbond substituents is 1. The number of methoxy groups -OCH3 is 1. The first kappa shape index (κ1) is 11.1. The van der Waals surface area contributed by atoms with Gasteiger partial charge in [-0.2, -0.15) is 0 Å². The normalized spacial score (nSPS) is 10.2. The van der Waals surface area contributed by atoms with Crippen molar-refractivity contribution in [2.45, 2.75) is 6.42 Å². The van der Waals surface area contributed by atoms with Gasteiger partial charge in [0.05, 0.1) is 12.1 Å². The van der Waals surface area contributed by atoms with Crippen molar-refractivity contribution in [2.75, 3.05) is 20.7 Å². The number of phenols is 1. The SMILES string of the molecule is CNCCc1cc(OC)c(Cl)cc1O. The van der Waals surface area contributed by atoms with Crippen LogP contribution >= 0.6 is 11.6 Å². The second-order valence-electron chi connectivity index (χ2n) is 2.97. The van der Waals surface area contributed by atoms with E-state index in [1.165, 1.54) is 6.07 Å². The average molecular weight is 216 g/mol. The zero-order valence-electron chi connectivity index (χ0n) is 8.30. The van der Waals surface area contributed by atoms with Gasteiger partial charge in [0, 0.05) is 6.07 Å². The van der Waals surface area contributed by atoms with Crippen LogP contribution in [-0.2, 0) is 6.42 Å². The molecule has 1 rings (SSSR count). The molecule has 0 aromatic heterocycles. The Labute approximate surface area is 88.7 Å². The number of nitrogens with one attached hydrogen (secondary N) is 1. The minimum absolute atomic E-state index is 0.214. The Morgan fingerprint density at radius 2 is 2.21 bits per heavy atom. The van der Waals surface area contributed by atoms with Crippen molar-refractivity contribution in [2.24, 2.45) is 0 Å². The lowest BCUT2D eigenvalue weighted by Crippen LogP contribution is -2.10. The highest BCUT2D eigenvalue weighted by atomic mass is 35.5. The van der Waals surface area contributed by atoms with E-state index in [1.54, 1.807) is 13.2 Å². The molecule has 0 aliphatic rings. The Morgan fingerprint density at radius 1 is 1.50 bits per heavy atom. The first-order valence-corrected chi connectivity index (χ1v) is 4.76. The number of hydrogen-bond donors (Lipinski definition) is 2. The number of rotatable bonds is 4. The maximum atomic E-state index is 9.57. The van der Waals surface area contributed by atoms with Gasteiger partial charge in [-0.3, -0.25) is 0 Å². The van der Waals surface area contributed by atoms with E-state index in [1.807, 2.05) is 7.05 Å². The first-order chi connectivity index (χ1) is 6.69. The molecule has 4 heteroatoms.